The van der Waals surface area contributed by atoms with Crippen molar-refractivity contribution in [1.29, 1.82) is 0 Å². The second-order valence-electron chi connectivity index (χ2n) is 7.66. The SMILES string of the molecule is O=C(N[C@@H]1C[C@H]2CO[C@@H](c3ccccc3)CN2C1)c1ccc(-c2ncn[nH]2)cc1. The summed E-state index contributed by atoms with van der Waals surface area (Å²) in [5.41, 5.74) is 2.77. The van der Waals surface area contributed by atoms with E-state index in [0.29, 0.717) is 24.0 Å². The number of carbonyl (C=O) groups is 1. The number of aromatic amines is 1. The summed E-state index contributed by atoms with van der Waals surface area (Å²) in [7, 11) is 0. The number of H-pyrrole nitrogens is 1. The highest BCUT2D eigenvalue weighted by molar-refractivity contribution is 5.94. The number of hydrogen-bond donors (Lipinski definition) is 2. The van der Waals surface area contributed by atoms with Crippen molar-refractivity contribution in [3.05, 3.63) is 72.1 Å². The zero-order valence-corrected chi connectivity index (χ0v) is 16.0. The van der Waals surface area contributed by atoms with Gasteiger partial charge in [0.1, 0.15) is 6.33 Å². The van der Waals surface area contributed by atoms with Crippen LogP contribution in [0.4, 0.5) is 0 Å². The normalized spacial score (nSPS) is 24.2. The molecule has 0 radical (unpaired) electrons. The van der Waals surface area contributed by atoms with E-state index in [1.807, 2.05) is 42.5 Å². The molecule has 0 unspecified atom stereocenters. The fourth-order valence-electron chi connectivity index (χ4n) is 4.24. The Hall–Kier alpha value is -3.03. The van der Waals surface area contributed by atoms with Crippen molar-refractivity contribution in [3.63, 3.8) is 0 Å². The largest absolute Gasteiger partial charge is 0.371 e. The predicted octanol–water partition coefficient (Wildman–Crippen LogP) is 2.42. The average molecular weight is 389 g/mol. The molecule has 148 valence electrons. The molecule has 2 saturated heterocycles. The Balaban J connectivity index is 1.19. The lowest BCUT2D eigenvalue weighted by Crippen LogP contribution is -2.43. The molecule has 3 aromatic rings. The minimum Gasteiger partial charge on any atom is -0.371 e. The van der Waals surface area contributed by atoms with E-state index in [9.17, 15) is 4.79 Å². The van der Waals surface area contributed by atoms with Gasteiger partial charge in [0.2, 0.25) is 0 Å². The standard InChI is InChI=1S/C22H23N5O2/c28-22(17-8-6-16(7-9-17)21-23-14-24-26-21)25-18-10-19-13-29-20(12-27(19)11-18)15-4-2-1-3-5-15/h1-9,14,18-20H,10-13H2,(H,25,28)(H,23,24,26)/t18-,19+,20-/m1/s1. The number of rotatable bonds is 4. The number of carbonyl (C=O) groups excluding carboxylic acids is 1. The zero-order valence-electron chi connectivity index (χ0n) is 16.0. The number of nitrogens with one attached hydrogen (secondary N) is 2. The van der Waals surface area contributed by atoms with Crippen LogP contribution in [0, 0.1) is 0 Å². The number of ether oxygens (including phenoxy) is 1. The molecule has 3 atom stereocenters. The molecule has 0 bridgehead atoms. The lowest BCUT2D eigenvalue weighted by atomic mass is 10.1. The molecule has 2 fully saturated rings. The molecule has 3 heterocycles. The molecule has 29 heavy (non-hydrogen) atoms. The van der Waals surface area contributed by atoms with Crippen molar-refractivity contribution in [2.45, 2.75) is 24.6 Å². The van der Waals surface area contributed by atoms with E-state index in [4.69, 9.17) is 4.74 Å². The maximum absolute atomic E-state index is 12.7. The van der Waals surface area contributed by atoms with Crippen molar-refractivity contribution < 1.29 is 9.53 Å². The van der Waals surface area contributed by atoms with Crippen LogP contribution in [0.25, 0.3) is 11.4 Å². The Kier molecular flexibility index (Phi) is 4.83. The van der Waals surface area contributed by atoms with Crippen LogP contribution in [0.5, 0.6) is 0 Å². The monoisotopic (exact) mass is 389 g/mol. The van der Waals surface area contributed by atoms with E-state index < -0.39 is 0 Å². The summed E-state index contributed by atoms with van der Waals surface area (Å²) in [4.78, 5) is 19.3. The van der Waals surface area contributed by atoms with E-state index in [2.05, 4.69) is 37.5 Å². The first-order chi connectivity index (χ1) is 14.3. The number of aromatic nitrogens is 3. The number of hydrogen-bond acceptors (Lipinski definition) is 5. The number of morpholine rings is 1. The highest BCUT2D eigenvalue weighted by atomic mass is 16.5. The quantitative estimate of drug-likeness (QED) is 0.716. The van der Waals surface area contributed by atoms with Gasteiger partial charge < -0.3 is 10.1 Å². The van der Waals surface area contributed by atoms with E-state index >= 15 is 0 Å². The molecule has 0 spiro atoms. The molecular weight excluding hydrogens is 366 g/mol. The van der Waals surface area contributed by atoms with Crippen molar-refractivity contribution in [2.75, 3.05) is 19.7 Å². The molecule has 0 aliphatic carbocycles. The minimum absolute atomic E-state index is 0.0421. The summed E-state index contributed by atoms with van der Waals surface area (Å²) in [6.45, 7) is 2.43. The van der Waals surface area contributed by atoms with Crippen LogP contribution >= 0.6 is 0 Å². The highest BCUT2D eigenvalue weighted by Gasteiger charge is 2.38. The summed E-state index contributed by atoms with van der Waals surface area (Å²) < 4.78 is 6.10. The summed E-state index contributed by atoms with van der Waals surface area (Å²) in [5, 5.41) is 9.87. The van der Waals surface area contributed by atoms with Gasteiger partial charge >= 0.3 is 0 Å². The topological polar surface area (TPSA) is 83.1 Å². The van der Waals surface area contributed by atoms with Crippen LogP contribution in [0.2, 0.25) is 0 Å². The van der Waals surface area contributed by atoms with Gasteiger partial charge in [-0.3, -0.25) is 14.8 Å². The van der Waals surface area contributed by atoms with E-state index in [0.717, 1.165) is 25.1 Å². The van der Waals surface area contributed by atoms with Gasteiger partial charge in [0.05, 0.1) is 12.7 Å². The molecule has 1 amide bonds. The van der Waals surface area contributed by atoms with Gasteiger partial charge in [-0.25, -0.2) is 4.98 Å². The molecule has 0 saturated carbocycles. The fraction of sp³-hybridized carbons (Fsp3) is 0.318. The van der Waals surface area contributed by atoms with E-state index in [1.54, 1.807) is 0 Å². The molecule has 2 aromatic carbocycles. The molecule has 2 aliphatic heterocycles. The van der Waals surface area contributed by atoms with Crippen LogP contribution < -0.4 is 5.32 Å². The summed E-state index contributed by atoms with van der Waals surface area (Å²) in [6.07, 6.45) is 2.49. The predicted molar refractivity (Wildman–Crippen MR) is 108 cm³/mol. The van der Waals surface area contributed by atoms with Crippen LogP contribution in [0.1, 0.15) is 28.4 Å². The molecule has 7 heteroatoms. The Morgan fingerprint density at radius 2 is 1.93 bits per heavy atom. The Morgan fingerprint density at radius 1 is 1.10 bits per heavy atom. The van der Waals surface area contributed by atoms with Crippen molar-refractivity contribution in [1.82, 2.24) is 25.4 Å². The molecule has 7 nitrogen and oxygen atoms in total. The van der Waals surface area contributed by atoms with Gasteiger partial charge in [-0.15, -0.1) is 0 Å². The van der Waals surface area contributed by atoms with Gasteiger partial charge in [-0.05, 0) is 24.1 Å². The molecule has 2 aliphatic rings. The smallest absolute Gasteiger partial charge is 0.251 e. The maximum atomic E-state index is 12.7. The van der Waals surface area contributed by atoms with Crippen molar-refractivity contribution in [3.8, 4) is 11.4 Å². The third kappa shape index (κ3) is 3.79. The number of nitrogens with zero attached hydrogens (tertiary/aromatic N) is 3. The van der Waals surface area contributed by atoms with E-state index in [-0.39, 0.29) is 18.1 Å². The third-order valence-corrected chi connectivity index (χ3v) is 5.76. The van der Waals surface area contributed by atoms with Crippen molar-refractivity contribution >= 4 is 5.91 Å². The number of benzene rings is 2. The van der Waals surface area contributed by atoms with E-state index in [1.165, 1.54) is 11.9 Å². The molecule has 1 aromatic heterocycles. The van der Waals surface area contributed by atoms with Crippen LogP contribution in [-0.2, 0) is 4.74 Å². The number of fused-ring (bicyclic) bond motifs is 1. The highest BCUT2D eigenvalue weighted by Crippen LogP contribution is 2.30. The third-order valence-electron chi connectivity index (χ3n) is 5.76. The first-order valence-electron chi connectivity index (χ1n) is 9.93. The molecular formula is C22H23N5O2. The molecule has 2 N–H and O–H groups in total. The van der Waals surface area contributed by atoms with Gasteiger partial charge in [-0.2, -0.15) is 5.10 Å². The fourth-order valence-corrected chi connectivity index (χ4v) is 4.24. The Bertz CT molecular complexity index is 959. The van der Waals surface area contributed by atoms with Crippen LogP contribution in [-0.4, -0.2) is 57.8 Å². The first kappa shape index (κ1) is 18.0. The lowest BCUT2D eigenvalue weighted by Gasteiger charge is -2.35. The van der Waals surface area contributed by atoms with Gasteiger partial charge in [0, 0.05) is 36.3 Å². The lowest BCUT2D eigenvalue weighted by molar-refractivity contribution is -0.0502. The Labute approximate surface area is 169 Å². The van der Waals surface area contributed by atoms with Crippen molar-refractivity contribution in [2.24, 2.45) is 0 Å². The minimum atomic E-state index is -0.0421. The van der Waals surface area contributed by atoms with Gasteiger partial charge in [0.25, 0.3) is 5.91 Å². The van der Waals surface area contributed by atoms with Crippen LogP contribution in [0.15, 0.2) is 60.9 Å². The summed E-state index contributed by atoms with van der Waals surface area (Å²) in [5.74, 6) is 0.650. The van der Waals surface area contributed by atoms with Gasteiger partial charge in [0.15, 0.2) is 5.82 Å². The first-order valence-corrected chi connectivity index (χ1v) is 9.93. The van der Waals surface area contributed by atoms with Crippen LogP contribution in [0.3, 0.4) is 0 Å². The Morgan fingerprint density at radius 3 is 2.69 bits per heavy atom. The van der Waals surface area contributed by atoms with Gasteiger partial charge in [-0.1, -0.05) is 42.5 Å². The zero-order chi connectivity index (χ0) is 19.6. The molecule has 5 rings (SSSR count). The summed E-state index contributed by atoms with van der Waals surface area (Å²) >= 11 is 0. The maximum Gasteiger partial charge on any atom is 0.251 e. The average Bonchev–Trinajstić information content (AvgIpc) is 3.43. The second-order valence-corrected chi connectivity index (χ2v) is 7.66. The second kappa shape index (κ2) is 7.77. The summed E-state index contributed by atoms with van der Waals surface area (Å²) in [6, 6.07) is 18.3. The number of amides is 1.